The van der Waals surface area contributed by atoms with E-state index < -0.39 is 36.4 Å². The van der Waals surface area contributed by atoms with Gasteiger partial charge in [-0.15, -0.1) is 11.3 Å². The van der Waals surface area contributed by atoms with Crippen molar-refractivity contribution in [1.82, 2.24) is 9.97 Å². The standard InChI is InChI=1S/C13H15N5O4S2/c1-21-11-9(17-18-14)10(20)7(4-19)22-13(11)24-6-2-8-12(15-3-6)16-5-23-8/h2-3,5,7,9-11,13,19-20H,4H2,1H3/t7-,9+,10+,11-,13-/m1/s1. The fourth-order valence-corrected chi connectivity index (χ4v) is 4.45. The third-order valence-electron chi connectivity index (χ3n) is 3.70. The molecule has 0 spiro atoms. The van der Waals surface area contributed by atoms with Gasteiger partial charge >= 0.3 is 0 Å². The minimum atomic E-state index is -1.14. The second-order valence-electron chi connectivity index (χ2n) is 5.07. The van der Waals surface area contributed by atoms with Gasteiger partial charge in [-0.1, -0.05) is 16.9 Å². The average molecular weight is 369 g/mol. The monoisotopic (exact) mass is 369 g/mol. The molecule has 2 aromatic rings. The second kappa shape index (κ2) is 7.62. The summed E-state index contributed by atoms with van der Waals surface area (Å²) in [6.07, 6.45) is -0.996. The Morgan fingerprint density at radius 2 is 2.38 bits per heavy atom. The van der Waals surface area contributed by atoms with Crippen molar-refractivity contribution in [3.8, 4) is 0 Å². The zero-order valence-electron chi connectivity index (χ0n) is 12.6. The van der Waals surface area contributed by atoms with Crippen LogP contribution in [0.4, 0.5) is 0 Å². The molecule has 9 nitrogen and oxygen atoms in total. The Bertz CT molecular complexity index is 753. The molecule has 1 fully saturated rings. The number of thiazole rings is 1. The first-order valence-corrected chi connectivity index (χ1v) is 8.81. The Labute approximate surface area is 145 Å². The molecule has 0 saturated carbocycles. The number of hydrogen-bond acceptors (Lipinski definition) is 9. The number of rotatable bonds is 5. The number of ether oxygens (including phenoxy) is 2. The van der Waals surface area contributed by atoms with E-state index in [-0.39, 0.29) is 0 Å². The summed E-state index contributed by atoms with van der Waals surface area (Å²) in [6.45, 7) is -0.391. The van der Waals surface area contributed by atoms with E-state index in [0.29, 0.717) is 5.65 Å². The number of aliphatic hydroxyl groups is 2. The fraction of sp³-hybridized carbons (Fsp3) is 0.538. The molecule has 3 heterocycles. The lowest BCUT2D eigenvalue weighted by atomic mass is 9.98. The second-order valence-corrected chi connectivity index (χ2v) is 7.13. The van der Waals surface area contributed by atoms with Gasteiger partial charge in [0.1, 0.15) is 17.6 Å². The van der Waals surface area contributed by atoms with Crippen molar-refractivity contribution in [3.63, 3.8) is 0 Å². The van der Waals surface area contributed by atoms with Crippen LogP contribution in [0.25, 0.3) is 20.8 Å². The van der Waals surface area contributed by atoms with Crippen LogP contribution in [-0.2, 0) is 9.47 Å². The highest BCUT2D eigenvalue weighted by Gasteiger charge is 2.45. The molecule has 0 unspecified atom stereocenters. The molecular formula is C13H15N5O4S2. The lowest BCUT2D eigenvalue weighted by Crippen LogP contribution is -2.57. The van der Waals surface area contributed by atoms with Crippen LogP contribution in [0, 0.1) is 0 Å². The van der Waals surface area contributed by atoms with Gasteiger partial charge in [-0.05, 0) is 11.6 Å². The summed E-state index contributed by atoms with van der Waals surface area (Å²) >= 11 is 2.81. The first-order valence-electron chi connectivity index (χ1n) is 7.05. The van der Waals surface area contributed by atoms with E-state index in [1.165, 1.54) is 30.2 Å². The minimum absolute atomic E-state index is 0.391. The number of nitrogens with zero attached hydrogens (tertiary/aromatic N) is 5. The van der Waals surface area contributed by atoms with Crippen LogP contribution in [0.1, 0.15) is 0 Å². The van der Waals surface area contributed by atoms with E-state index in [2.05, 4.69) is 20.0 Å². The zero-order chi connectivity index (χ0) is 17.1. The van der Waals surface area contributed by atoms with Gasteiger partial charge in [0.2, 0.25) is 0 Å². The van der Waals surface area contributed by atoms with Gasteiger partial charge in [-0.25, -0.2) is 9.97 Å². The van der Waals surface area contributed by atoms with Gasteiger partial charge in [0.25, 0.3) is 0 Å². The summed E-state index contributed by atoms with van der Waals surface area (Å²) < 4.78 is 12.1. The maximum absolute atomic E-state index is 10.2. The van der Waals surface area contributed by atoms with E-state index in [4.69, 9.17) is 15.0 Å². The molecule has 0 amide bonds. The molecule has 0 aliphatic carbocycles. The lowest BCUT2D eigenvalue weighted by Gasteiger charge is -2.41. The smallest absolute Gasteiger partial charge is 0.170 e. The van der Waals surface area contributed by atoms with Crippen molar-refractivity contribution in [3.05, 3.63) is 28.2 Å². The summed E-state index contributed by atoms with van der Waals surface area (Å²) in [4.78, 5) is 12.0. The normalized spacial score (nSPS) is 30.2. The molecule has 24 heavy (non-hydrogen) atoms. The van der Waals surface area contributed by atoms with E-state index in [1.54, 1.807) is 11.7 Å². The Morgan fingerprint density at radius 1 is 1.54 bits per heavy atom. The molecule has 1 saturated heterocycles. The molecule has 1 aliphatic heterocycles. The third-order valence-corrected chi connectivity index (χ3v) is 5.57. The fourth-order valence-electron chi connectivity index (χ4n) is 2.53. The van der Waals surface area contributed by atoms with Crippen LogP contribution in [-0.4, -0.2) is 63.7 Å². The number of fused-ring (bicyclic) bond motifs is 1. The Balaban J connectivity index is 1.86. The highest BCUT2D eigenvalue weighted by Crippen LogP contribution is 2.36. The molecule has 0 bridgehead atoms. The highest BCUT2D eigenvalue weighted by molar-refractivity contribution is 7.99. The van der Waals surface area contributed by atoms with Gasteiger partial charge in [-0.2, -0.15) is 0 Å². The SMILES string of the molecule is CO[C@@H]1[C@@H](N=[N+]=[N-])[C@@H](O)[C@@H](CO)O[C@@H]1Sc1cnc2ncsc2c1. The predicted octanol–water partition coefficient (Wildman–Crippen LogP) is 1.56. The van der Waals surface area contributed by atoms with Crippen LogP contribution in [0.5, 0.6) is 0 Å². The number of aromatic nitrogens is 2. The molecular weight excluding hydrogens is 354 g/mol. The molecule has 5 atom stereocenters. The van der Waals surface area contributed by atoms with Crippen molar-refractivity contribution < 1.29 is 19.7 Å². The third kappa shape index (κ3) is 3.33. The minimum Gasteiger partial charge on any atom is -0.394 e. The van der Waals surface area contributed by atoms with Crippen LogP contribution >= 0.6 is 23.1 Å². The first kappa shape index (κ1) is 17.4. The van der Waals surface area contributed by atoms with Gasteiger partial charge in [0.05, 0.1) is 29.0 Å². The van der Waals surface area contributed by atoms with Crippen LogP contribution in [0.15, 0.2) is 27.8 Å². The van der Waals surface area contributed by atoms with Gasteiger partial charge in [0.15, 0.2) is 5.65 Å². The van der Waals surface area contributed by atoms with Gasteiger partial charge < -0.3 is 19.7 Å². The van der Waals surface area contributed by atoms with E-state index >= 15 is 0 Å². The molecule has 0 aromatic carbocycles. The molecule has 2 aromatic heterocycles. The quantitative estimate of drug-likeness (QED) is 0.464. The number of hydrogen-bond donors (Lipinski definition) is 2. The Kier molecular flexibility index (Phi) is 5.51. The number of pyridine rings is 1. The molecule has 3 rings (SSSR count). The summed E-state index contributed by atoms with van der Waals surface area (Å²) in [5, 5.41) is 23.2. The number of azide groups is 1. The van der Waals surface area contributed by atoms with E-state index in [0.717, 1.165) is 9.60 Å². The van der Waals surface area contributed by atoms with Crippen molar-refractivity contribution in [2.24, 2.45) is 5.11 Å². The lowest BCUT2D eigenvalue weighted by molar-refractivity contribution is -0.167. The number of thioether (sulfide) groups is 1. The first-order chi connectivity index (χ1) is 11.7. The Morgan fingerprint density at radius 3 is 3.08 bits per heavy atom. The van der Waals surface area contributed by atoms with Crippen molar-refractivity contribution in [1.29, 1.82) is 0 Å². The molecule has 11 heteroatoms. The number of methoxy groups -OCH3 is 1. The highest BCUT2D eigenvalue weighted by atomic mass is 32.2. The van der Waals surface area contributed by atoms with Crippen LogP contribution in [0.2, 0.25) is 0 Å². The van der Waals surface area contributed by atoms with Crippen molar-refractivity contribution in [2.75, 3.05) is 13.7 Å². The zero-order valence-corrected chi connectivity index (χ0v) is 14.2. The maximum atomic E-state index is 10.2. The summed E-state index contributed by atoms with van der Waals surface area (Å²) in [5.41, 5.74) is 10.6. The predicted molar refractivity (Wildman–Crippen MR) is 88.8 cm³/mol. The number of aliphatic hydroxyl groups excluding tert-OH is 2. The van der Waals surface area contributed by atoms with E-state index in [1.807, 2.05) is 6.07 Å². The van der Waals surface area contributed by atoms with E-state index in [9.17, 15) is 10.2 Å². The van der Waals surface area contributed by atoms with Gasteiger partial charge in [-0.3, -0.25) is 0 Å². The van der Waals surface area contributed by atoms with Crippen molar-refractivity contribution in [2.45, 2.75) is 34.7 Å². The Hall–Kier alpha value is -1.46. The largest absolute Gasteiger partial charge is 0.394 e. The van der Waals surface area contributed by atoms with Gasteiger partial charge in [0, 0.05) is 23.1 Å². The molecule has 1 aliphatic rings. The molecule has 0 radical (unpaired) electrons. The summed E-state index contributed by atoms with van der Waals surface area (Å²) in [5.74, 6) is 0. The van der Waals surface area contributed by atoms with Crippen molar-refractivity contribution >= 4 is 33.4 Å². The van der Waals surface area contributed by atoms with Crippen LogP contribution < -0.4 is 0 Å². The molecule has 128 valence electrons. The average Bonchev–Trinajstić information content (AvgIpc) is 3.05. The topological polar surface area (TPSA) is 133 Å². The molecule has 2 N–H and O–H groups in total. The van der Waals surface area contributed by atoms with Crippen LogP contribution in [0.3, 0.4) is 0 Å². The maximum Gasteiger partial charge on any atom is 0.170 e. The summed E-state index contributed by atoms with van der Waals surface area (Å²) in [7, 11) is 1.46. The summed E-state index contributed by atoms with van der Waals surface area (Å²) in [6, 6.07) is 1.07.